The first-order valence-corrected chi connectivity index (χ1v) is 12.5. The van der Waals surface area contributed by atoms with Crippen LogP contribution in [0.1, 0.15) is 59.7 Å². The van der Waals surface area contributed by atoms with E-state index in [0.717, 1.165) is 28.8 Å². The maximum Gasteiger partial charge on any atom is 0.251 e. The van der Waals surface area contributed by atoms with E-state index in [2.05, 4.69) is 27.8 Å². The number of hydrogen-bond acceptors (Lipinski definition) is 5. The van der Waals surface area contributed by atoms with Gasteiger partial charge in [-0.25, -0.2) is 0 Å². The highest BCUT2D eigenvalue weighted by Crippen LogP contribution is 2.26. The second kappa shape index (κ2) is 11.3. The van der Waals surface area contributed by atoms with Crippen LogP contribution in [0, 0.1) is 19.8 Å². The summed E-state index contributed by atoms with van der Waals surface area (Å²) >= 11 is 1.33. The first kappa shape index (κ1) is 25.5. The van der Waals surface area contributed by atoms with Crippen LogP contribution >= 0.6 is 11.8 Å². The van der Waals surface area contributed by atoms with E-state index in [0.29, 0.717) is 16.5 Å². The van der Waals surface area contributed by atoms with Crippen molar-refractivity contribution < 1.29 is 9.59 Å². The fourth-order valence-electron chi connectivity index (χ4n) is 3.77. The van der Waals surface area contributed by atoms with Crippen molar-refractivity contribution >= 4 is 29.3 Å². The summed E-state index contributed by atoms with van der Waals surface area (Å²) in [6.45, 7) is 10.1. The Morgan fingerprint density at radius 1 is 1.09 bits per heavy atom. The van der Waals surface area contributed by atoms with Gasteiger partial charge in [-0.3, -0.25) is 9.59 Å². The van der Waals surface area contributed by atoms with Crippen LogP contribution in [0.2, 0.25) is 0 Å². The lowest BCUT2D eigenvalue weighted by Crippen LogP contribution is -2.33. The van der Waals surface area contributed by atoms with Crippen LogP contribution in [-0.4, -0.2) is 32.3 Å². The minimum absolute atomic E-state index is 0.0910. The molecular formula is C26H33N5O2S. The molecule has 180 valence electrons. The van der Waals surface area contributed by atoms with Gasteiger partial charge in [0.1, 0.15) is 0 Å². The number of amides is 2. The van der Waals surface area contributed by atoms with Gasteiger partial charge in [0, 0.05) is 18.3 Å². The standard InChI is InChI=1S/C26H33N5O2S/c1-7-19-12-9-11-18(5)23(19)27-21(32)15-34-26-30-29-24(31(26)6)22(16(2)3)28-25(33)20-13-8-10-17(4)14-20/h8-14,16,22H,7,15H2,1-6H3,(H,27,32)(H,28,33). The molecule has 0 saturated carbocycles. The number of carbonyl (C=O) groups excluding carboxylic acids is 2. The summed E-state index contributed by atoms with van der Waals surface area (Å²) in [7, 11) is 1.86. The largest absolute Gasteiger partial charge is 0.342 e. The Bertz CT molecular complexity index is 1170. The highest BCUT2D eigenvalue weighted by atomic mass is 32.2. The summed E-state index contributed by atoms with van der Waals surface area (Å²) in [5.74, 6) is 0.735. The van der Waals surface area contributed by atoms with Crippen LogP contribution in [-0.2, 0) is 18.3 Å². The highest BCUT2D eigenvalue weighted by molar-refractivity contribution is 7.99. The summed E-state index contributed by atoms with van der Waals surface area (Å²) < 4.78 is 1.85. The minimum Gasteiger partial charge on any atom is -0.342 e. The van der Waals surface area contributed by atoms with Crippen molar-refractivity contribution in [2.45, 2.75) is 52.2 Å². The van der Waals surface area contributed by atoms with E-state index in [1.807, 2.05) is 75.7 Å². The number of aryl methyl sites for hydroxylation is 3. The number of benzene rings is 2. The zero-order valence-corrected chi connectivity index (χ0v) is 21.5. The molecule has 7 nitrogen and oxygen atoms in total. The summed E-state index contributed by atoms with van der Waals surface area (Å²) in [6.07, 6.45) is 0.849. The fraction of sp³-hybridized carbons (Fsp3) is 0.385. The Hall–Kier alpha value is -3.13. The van der Waals surface area contributed by atoms with Crippen LogP contribution in [0.5, 0.6) is 0 Å². The number of anilines is 1. The maximum absolute atomic E-state index is 12.8. The SMILES string of the molecule is CCc1cccc(C)c1NC(=O)CSc1nnc(C(NC(=O)c2cccc(C)c2)C(C)C)n1C. The van der Waals surface area contributed by atoms with Crippen LogP contribution in [0.25, 0.3) is 0 Å². The number of nitrogens with one attached hydrogen (secondary N) is 2. The Balaban J connectivity index is 1.69. The molecule has 0 fully saturated rings. The Labute approximate surface area is 205 Å². The third-order valence-corrected chi connectivity index (χ3v) is 6.74. The number of thioether (sulfide) groups is 1. The van der Waals surface area contributed by atoms with Crippen molar-refractivity contribution in [1.82, 2.24) is 20.1 Å². The van der Waals surface area contributed by atoms with E-state index in [1.165, 1.54) is 11.8 Å². The molecule has 3 aromatic rings. The van der Waals surface area contributed by atoms with Crippen LogP contribution in [0.4, 0.5) is 5.69 Å². The van der Waals surface area contributed by atoms with Gasteiger partial charge in [-0.2, -0.15) is 0 Å². The molecule has 1 heterocycles. The maximum atomic E-state index is 12.8. The van der Waals surface area contributed by atoms with Gasteiger partial charge < -0.3 is 15.2 Å². The molecule has 8 heteroatoms. The van der Waals surface area contributed by atoms with Crippen molar-refractivity contribution in [3.8, 4) is 0 Å². The van der Waals surface area contributed by atoms with Crippen molar-refractivity contribution in [3.63, 3.8) is 0 Å². The van der Waals surface area contributed by atoms with E-state index in [4.69, 9.17) is 0 Å². The zero-order valence-electron chi connectivity index (χ0n) is 20.7. The van der Waals surface area contributed by atoms with Gasteiger partial charge in [-0.05, 0) is 49.4 Å². The molecule has 0 saturated heterocycles. The number of para-hydroxylation sites is 1. The quantitative estimate of drug-likeness (QED) is 0.428. The van der Waals surface area contributed by atoms with E-state index in [1.54, 1.807) is 6.07 Å². The van der Waals surface area contributed by atoms with Gasteiger partial charge in [0.15, 0.2) is 11.0 Å². The molecule has 2 amide bonds. The molecule has 0 aliphatic heterocycles. The number of nitrogens with zero attached hydrogens (tertiary/aromatic N) is 3. The molecule has 1 unspecified atom stereocenters. The average Bonchev–Trinajstić information content (AvgIpc) is 3.16. The van der Waals surface area contributed by atoms with Crippen molar-refractivity contribution in [2.24, 2.45) is 13.0 Å². The van der Waals surface area contributed by atoms with Gasteiger partial charge in [0.05, 0.1) is 11.8 Å². The van der Waals surface area contributed by atoms with Gasteiger partial charge in [0.2, 0.25) is 5.91 Å². The predicted octanol–water partition coefficient (Wildman–Crippen LogP) is 4.85. The molecule has 2 aromatic carbocycles. The van der Waals surface area contributed by atoms with Crippen LogP contribution < -0.4 is 10.6 Å². The number of hydrogen-bond donors (Lipinski definition) is 2. The van der Waals surface area contributed by atoms with Gasteiger partial charge in [0.25, 0.3) is 5.91 Å². The Morgan fingerprint density at radius 2 is 1.82 bits per heavy atom. The van der Waals surface area contributed by atoms with Crippen molar-refractivity contribution in [3.05, 3.63) is 70.5 Å². The molecular weight excluding hydrogens is 446 g/mol. The third kappa shape index (κ3) is 6.05. The highest BCUT2D eigenvalue weighted by Gasteiger charge is 2.25. The zero-order chi connectivity index (χ0) is 24.8. The molecule has 1 atom stereocenters. The van der Waals surface area contributed by atoms with Crippen molar-refractivity contribution in [2.75, 3.05) is 11.1 Å². The molecule has 0 aliphatic carbocycles. The number of aromatic nitrogens is 3. The second-order valence-electron chi connectivity index (χ2n) is 8.76. The van der Waals surface area contributed by atoms with Gasteiger partial charge in [-0.15, -0.1) is 10.2 Å². The number of carbonyl (C=O) groups is 2. The lowest BCUT2D eigenvalue weighted by molar-refractivity contribution is -0.113. The second-order valence-corrected chi connectivity index (χ2v) is 9.71. The van der Waals surface area contributed by atoms with Gasteiger partial charge >= 0.3 is 0 Å². The van der Waals surface area contributed by atoms with Crippen LogP contribution in [0.3, 0.4) is 0 Å². The number of rotatable bonds is 9. The monoisotopic (exact) mass is 479 g/mol. The average molecular weight is 480 g/mol. The van der Waals surface area contributed by atoms with Crippen molar-refractivity contribution in [1.29, 1.82) is 0 Å². The molecule has 0 aliphatic rings. The molecule has 0 radical (unpaired) electrons. The van der Waals surface area contributed by atoms with Gasteiger partial charge in [-0.1, -0.05) is 68.4 Å². The topological polar surface area (TPSA) is 88.9 Å². The Morgan fingerprint density at radius 3 is 2.50 bits per heavy atom. The molecule has 0 bridgehead atoms. The predicted molar refractivity (Wildman–Crippen MR) is 137 cm³/mol. The lowest BCUT2D eigenvalue weighted by atomic mass is 10.0. The molecule has 3 rings (SSSR count). The summed E-state index contributed by atoms with van der Waals surface area (Å²) in [5, 5.41) is 15.4. The molecule has 0 spiro atoms. The normalized spacial score (nSPS) is 12.0. The van der Waals surface area contributed by atoms with E-state index >= 15 is 0 Å². The van der Waals surface area contributed by atoms with E-state index in [9.17, 15) is 9.59 Å². The lowest BCUT2D eigenvalue weighted by Gasteiger charge is -2.22. The molecule has 34 heavy (non-hydrogen) atoms. The van der Waals surface area contributed by atoms with E-state index < -0.39 is 0 Å². The van der Waals surface area contributed by atoms with Crippen LogP contribution in [0.15, 0.2) is 47.6 Å². The van der Waals surface area contributed by atoms with E-state index in [-0.39, 0.29) is 29.5 Å². The summed E-state index contributed by atoms with van der Waals surface area (Å²) in [5.41, 5.74) is 4.68. The molecule has 2 N–H and O–H groups in total. The fourth-order valence-corrected chi connectivity index (χ4v) is 4.49. The summed E-state index contributed by atoms with van der Waals surface area (Å²) in [4.78, 5) is 25.5. The summed E-state index contributed by atoms with van der Waals surface area (Å²) in [6, 6.07) is 13.2. The smallest absolute Gasteiger partial charge is 0.251 e. The first-order chi connectivity index (χ1) is 16.2. The first-order valence-electron chi connectivity index (χ1n) is 11.5. The molecule has 1 aromatic heterocycles. The minimum atomic E-state index is -0.312. The Kier molecular flexibility index (Phi) is 8.50. The third-order valence-electron chi connectivity index (χ3n) is 5.72.